The number of alkyl halides is 2. The second kappa shape index (κ2) is 13.3. The van der Waals surface area contributed by atoms with E-state index in [9.17, 15) is 28.6 Å². The van der Waals surface area contributed by atoms with Gasteiger partial charge >= 0.3 is 12.0 Å². The second-order valence-corrected chi connectivity index (χ2v) is 9.91. The SMILES string of the molecule is CCOc1cc([C@@H](C)N(CCOCc2ccccc2)C(=O)NC2(C(=O)O)CC(F)(F)C2)cc(OCC)c1C(C)O. The first-order chi connectivity index (χ1) is 18.9. The van der Waals surface area contributed by atoms with Crippen molar-refractivity contribution in [2.75, 3.05) is 26.4 Å². The maximum atomic E-state index is 13.7. The number of amides is 2. The number of hydrogen-bond donors (Lipinski definition) is 3. The Morgan fingerprint density at radius 1 is 1.05 bits per heavy atom. The number of nitrogens with one attached hydrogen (secondary N) is 1. The molecule has 11 heteroatoms. The number of aliphatic hydroxyl groups is 1. The molecule has 9 nitrogen and oxygen atoms in total. The zero-order valence-electron chi connectivity index (χ0n) is 23.3. The van der Waals surface area contributed by atoms with Crippen LogP contribution in [0.1, 0.15) is 69.4 Å². The van der Waals surface area contributed by atoms with Crippen molar-refractivity contribution in [3.8, 4) is 11.5 Å². The van der Waals surface area contributed by atoms with Crippen LogP contribution in [0.25, 0.3) is 0 Å². The molecule has 2 atom stereocenters. The number of carboxylic acids is 1. The molecule has 2 aromatic rings. The fourth-order valence-electron chi connectivity index (χ4n) is 4.80. The molecule has 3 N–H and O–H groups in total. The number of carbonyl (C=O) groups is 2. The molecular weight excluding hydrogens is 526 g/mol. The average Bonchev–Trinajstić information content (AvgIpc) is 2.87. The monoisotopic (exact) mass is 564 g/mol. The standard InChI is InChI=1S/C29H38F2N2O7/c1-5-39-23-14-22(15-24(40-6-2)25(23)20(4)34)19(3)33(12-13-38-16-21-10-8-7-9-11-21)27(37)32-28(26(35)36)17-29(30,31)18-28/h7-11,14-15,19-20,34H,5-6,12-13,16-18H2,1-4H3,(H,32,37)(H,35,36)/t19-,20?/m1/s1. The molecule has 0 aliphatic heterocycles. The molecule has 1 aliphatic carbocycles. The lowest BCUT2D eigenvalue weighted by Gasteiger charge is -2.45. The summed E-state index contributed by atoms with van der Waals surface area (Å²) >= 11 is 0. The maximum absolute atomic E-state index is 13.7. The van der Waals surface area contributed by atoms with Crippen molar-refractivity contribution in [2.45, 2.75) is 70.8 Å². The topological polar surface area (TPSA) is 118 Å². The quantitative estimate of drug-likeness (QED) is 0.274. The molecule has 2 aromatic carbocycles. The average molecular weight is 565 g/mol. The molecule has 1 aliphatic rings. The maximum Gasteiger partial charge on any atom is 0.329 e. The summed E-state index contributed by atoms with van der Waals surface area (Å²) in [5.74, 6) is -3.92. The fourth-order valence-corrected chi connectivity index (χ4v) is 4.80. The zero-order chi connectivity index (χ0) is 29.5. The molecule has 0 aromatic heterocycles. The number of aliphatic hydroxyl groups excluding tert-OH is 1. The van der Waals surface area contributed by atoms with Gasteiger partial charge in [-0.1, -0.05) is 30.3 Å². The van der Waals surface area contributed by atoms with E-state index in [1.165, 1.54) is 4.90 Å². The molecule has 0 radical (unpaired) electrons. The van der Waals surface area contributed by atoms with Crippen LogP contribution in [0.3, 0.4) is 0 Å². The number of carboxylic acid groups (broad SMARTS) is 1. The van der Waals surface area contributed by atoms with Gasteiger partial charge in [-0.3, -0.25) is 0 Å². The van der Waals surface area contributed by atoms with Crippen molar-refractivity contribution in [1.82, 2.24) is 10.2 Å². The van der Waals surface area contributed by atoms with Crippen LogP contribution in [0.4, 0.5) is 13.6 Å². The van der Waals surface area contributed by atoms with E-state index in [0.29, 0.717) is 42.4 Å². The van der Waals surface area contributed by atoms with Crippen LogP contribution in [0, 0.1) is 0 Å². The third-order valence-electron chi connectivity index (χ3n) is 6.82. The lowest BCUT2D eigenvalue weighted by atomic mass is 9.73. The summed E-state index contributed by atoms with van der Waals surface area (Å²) in [5.41, 5.74) is -0.0854. The molecule has 1 saturated carbocycles. The number of rotatable bonds is 14. The van der Waals surface area contributed by atoms with Gasteiger partial charge in [-0.05, 0) is 51.0 Å². The lowest BCUT2D eigenvalue weighted by Crippen LogP contribution is -2.68. The summed E-state index contributed by atoms with van der Waals surface area (Å²) in [6.45, 7) is 7.98. The molecule has 2 amide bonds. The Morgan fingerprint density at radius 3 is 2.10 bits per heavy atom. The minimum Gasteiger partial charge on any atom is -0.493 e. The van der Waals surface area contributed by atoms with Crippen molar-refractivity contribution in [1.29, 1.82) is 0 Å². The minimum absolute atomic E-state index is 0.0397. The molecule has 3 rings (SSSR count). The number of urea groups is 1. The summed E-state index contributed by atoms with van der Waals surface area (Å²) in [6, 6.07) is 11.3. The normalized spacial score (nSPS) is 16.8. The van der Waals surface area contributed by atoms with Gasteiger partial charge in [-0.2, -0.15) is 0 Å². The highest BCUT2D eigenvalue weighted by molar-refractivity contribution is 5.88. The summed E-state index contributed by atoms with van der Waals surface area (Å²) in [6.07, 6.45) is -2.87. The Balaban J connectivity index is 1.90. The van der Waals surface area contributed by atoms with E-state index in [2.05, 4.69) is 5.32 Å². The van der Waals surface area contributed by atoms with E-state index < -0.39 is 48.4 Å². The summed E-state index contributed by atoms with van der Waals surface area (Å²) in [7, 11) is 0. The Labute approximate surface area is 233 Å². The number of hydrogen-bond acceptors (Lipinski definition) is 6. The van der Waals surface area contributed by atoms with Crippen molar-refractivity contribution < 1.29 is 42.8 Å². The van der Waals surface area contributed by atoms with Gasteiger partial charge in [0.1, 0.15) is 11.5 Å². The van der Waals surface area contributed by atoms with Crippen LogP contribution < -0.4 is 14.8 Å². The molecule has 0 spiro atoms. The molecule has 1 fully saturated rings. The van der Waals surface area contributed by atoms with Crippen molar-refractivity contribution in [2.24, 2.45) is 0 Å². The van der Waals surface area contributed by atoms with E-state index in [0.717, 1.165) is 5.56 Å². The van der Waals surface area contributed by atoms with Crippen LogP contribution in [-0.4, -0.2) is 64.9 Å². The summed E-state index contributed by atoms with van der Waals surface area (Å²) in [4.78, 5) is 26.7. The molecule has 220 valence electrons. The lowest BCUT2D eigenvalue weighted by molar-refractivity contribution is -0.175. The highest BCUT2D eigenvalue weighted by atomic mass is 19.3. The zero-order valence-corrected chi connectivity index (χ0v) is 23.3. The van der Waals surface area contributed by atoms with E-state index >= 15 is 0 Å². The van der Waals surface area contributed by atoms with Gasteiger partial charge in [0.2, 0.25) is 0 Å². The van der Waals surface area contributed by atoms with Crippen LogP contribution in [0.15, 0.2) is 42.5 Å². The third kappa shape index (κ3) is 7.39. The summed E-state index contributed by atoms with van der Waals surface area (Å²) in [5, 5.41) is 22.4. The van der Waals surface area contributed by atoms with E-state index in [1.807, 2.05) is 30.3 Å². The Kier molecular flexibility index (Phi) is 10.3. The molecule has 0 saturated heterocycles. The van der Waals surface area contributed by atoms with Gasteiger partial charge in [-0.15, -0.1) is 0 Å². The highest BCUT2D eigenvalue weighted by Crippen LogP contribution is 2.46. The first kappa shape index (κ1) is 31.1. The van der Waals surface area contributed by atoms with Crippen molar-refractivity contribution >= 4 is 12.0 Å². The highest BCUT2D eigenvalue weighted by Gasteiger charge is 2.62. The molecule has 40 heavy (non-hydrogen) atoms. The number of carbonyl (C=O) groups excluding carboxylic acids is 1. The molecule has 0 bridgehead atoms. The number of aliphatic carboxylic acids is 1. The molecule has 0 heterocycles. The number of benzene rings is 2. The van der Waals surface area contributed by atoms with E-state index in [-0.39, 0.29) is 13.2 Å². The van der Waals surface area contributed by atoms with Crippen LogP contribution in [0.5, 0.6) is 11.5 Å². The Morgan fingerprint density at radius 2 is 1.62 bits per heavy atom. The molecule has 1 unspecified atom stereocenters. The van der Waals surface area contributed by atoms with Gasteiger partial charge in [0.25, 0.3) is 5.92 Å². The predicted octanol–water partition coefficient (Wildman–Crippen LogP) is 5.08. The fraction of sp³-hybridized carbons (Fsp3) is 0.517. The minimum atomic E-state index is -3.17. The number of halogens is 2. The number of ether oxygens (including phenoxy) is 3. The third-order valence-corrected chi connectivity index (χ3v) is 6.82. The summed E-state index contributed by atoms with van der Waals surface area (Å²) < 4.78 is 44.8. The Hall–Kier alpha value is -3.44. The first-order valence-corrected chi connectivity index (χ1v) is 13.4. The smallest absolute Gasteiger partial charge is 0.329 e. The predicted molar refractivity (Wildman–Crippen MR) is 144 cm³/mol. The van der Waals surface area contributed by atoms with E-state index in [4.69, 9.17) is 14.2 Å². The van der Waals surface area contributed by atoms with Gasteiger partial charge < -0.3 is 34.6 Å². The van der Waals surface area contributed by atoms with Crippen LogP contribution in [0.2, 0.25) is 0 Å². The first-order valence-electron chi connectivity index (χ1n) is 13.4. The van der Waals surface area contributed by atoms with Crippen molar-refractivity contribution in [3.63, 3.8) is 0 Å². The molecular formula is C29H38F2N2O7. The largest absolute Gasteiger partial charge is 0.493 e. The van der Waals surface area contributed by atoms with Gasteiger partial charge in [0, 0.05) is 19.4 Å². The van der Waals surface area contributed by atoms with Crippen LogP contribution in [-0.2, 0) is 16.1 Å². The van der Waals surface area contributed by atoms with Gasteiger partial charge in [0.05, 0.1) is 44.1 Å². The number of nitrogens with zero attached hydrogens (tertiary/aromatic N) is 1. The Bertz CT molecular complexity index is 1130. The van der Waals surface area contributed by atoms with Gasteiger partial charge in [-0.25, -0.2) is 18.4 Å². The van der Waals surface area contributed by atoms with Crippen LogP contribution >= 0.6 is 0 Å². The second-order valence-electron chi connectivity index (χ2n) is 9.91. The van der Waals surface area contributed by atoms with Gasteiger partial charge in [0.15, 0.2) is 5.54 Å². The van der Waals surface area contributed by atoms with Crippen molar-refractivity contribution in [3.05, 3.63) is 59.2 Å². The van der Waals surface area contributed by atoms with E-state index in [1.54, 1.807) is 39.8 Å².